The number of alkyl halides is 4. The fourth-order valence-electron chi connectivity index (χ4n) is 11.7. The summed E-state index contributed by atoms with van der Waals surface area (Å²) in [5, 5.41) is 11.6. The number of hydrogen-bond acceptors (Lipinski definition) is 8. The van der Waals surface area contributed by atoms with Crippen LogP contribution in [-0.4, -0.2) is 138 Å². The van der Waals surface area contributed by atoms with Gasteiger partial charge < -0.3 is 40.7 Å². The van der Waals surface area contributed by atoms with E-state index in [1.54, 1.807) is 32.0 Å². The Morgan fingerprint density at radius 3 is 2.24 bits per heavy atom. The summed E-state index contributed by atoms with van der Waals surface area (Å²) in [6, 6.07) is -1.40. The highest BCUT2D eigenvalue weighted by molar-refractivity contribution is 6.30. The van der Waals surface area contributed by atoms with E-state index in [4.69, 9.17) is 16.3 Å². The molecule has 1 spiro atoms. The molecule has 1 aromatic carbocycles. The molecule has 4 saturated carbocycles. The molecule has 0 radical (unpaired) electrons. The first-order chi connectivity index (χ1) is 33.8. The summed E-state index contributed by atoms with van der Waals surface area (Å²) in [6.45, 7) is 6.77. The predicted octanol–water partition coefficient (Wildman–Crippen LogP) is 6.18. The molecule has 1 aromatic rings. The number of carbonyl (C=O) groups is 7. The molecule has 2 heterocycles. The van der Waals surface area contributed by atoms with Crippen molar-refractivity contribution in [3.8, 4) is 5.75 Å². The molecule has 20 heteroatoms. The SMILES string of the molecule is CC(C)C[C@@H]1NC(=O)[C@@H](N(C)C(=O)[C@@H](NC(=O)[C@@H]2C[C@@H](F)CN2C(=O)C2(C(F)(F)F)CC3(CCC3)C2)C2CC2)CCCCNC(=O)C(C)(C)NC(=O)[C@H](Cc2cc(Cl)ccc2OCC2CCCC2)N(C)C1=O. The van der Waals surface area contributed by atoms with Gasteiger partial charge in [-0.05, 0) is 138 Å². The first kappa shape index (κ1) is 55.1. The molecular weight excluding hydrogens is 962 g/mol. The van der Waals surface area contributed by atoms with E-state index >= 15 is 4.39 Å². The summed E-state index contributed by atoms with van der Waals surface area (Å²) >= 11 is 6.51. The first-order valence-electron chi connectivity index (χ1n) is 26.0. The molecule has 6 aliphatic rings. The third kappa shape index (κ3) is 12.1. The summed E-state index contributed by atoms with van der Waals surface area (Å²) in [7, 11) is 2.84. The van der Waals surface area contributed by atoms with E-state index in [9.17, 15) is 46.7 Å². The van der Waals surface area contributed by atoms with Crippen LogP contribution in [0.3, 0.4) is 0 Å². The van der Waals surface area contributed by atoms with Gasteiger partial charge in [-0.2, -0.15) is 13.2 Å². The second-order valence-corrected chi connectivity index (χ2v) is 23.3. The maximum atomic E-state index is 15.2. The number of likely N-dealkylation sites (tertiary alicyclic amines) is 1. The molecule has 2 aliphatic heterocycles. The van der Waals surface area contributed by atoms with Gasteiger partial charge in [0.1, 0.15) is 53.1 Å². The van der Waals surface area contributed by atoms with Gasteiger partial charge in [0.25, 0.3) is 0 Å². The summed E-state index contributed by atoms with van der Waals surface area (Å²) in [6.07, 6.45) is 0.0237. The first-order valence-corrected chi connectivity index (χ1v) is 26.4. The lowest BCUT2D eigenvalue weighted by Gasteiger charge is -2.60. The molecular formula is C52H74ClF4N7O8. The Morgan fingerprint density at radius 2 is 1.62 bits per heavy atom. The molecule has 4 aliphatic carbocycles. The molecule has 6 atom stereocenters. The lowest BCUT2D eigenvalue weighted by Crippen LogP contribution is -2.66. The van der Waals surface area contributed by atoms with E-state index in [0.717, 1.165) is 32.1 Å². The van der Waals surface area contributed by atoms with Crippen LogP contribution in [0.1, 0.15) is 136 Å². The van der Waals surface area contributed by atoms with Gasteiger partial charge in [0.05, 0.1) is 13.2 Å². The Bertz CT molecular complexity index is 2210. The third-order valence-electron chi connectivity index (χ3n) is 16.3. The molecule has 2 saturated heterocycles. The van der Waals surface area contributed by atoms with Crippen LogP contribution in [0, 0.1) is 28.6 Å². The van der Waals surface area contributed by atoms with Crippen LogP contribution in [0.25, 0.3) is 0 Å². The number of ether oxygens (including phenoxy) is 1. The Balaban J connectivity index is 1.12. The standard InChI is InChI=1S/C52H74ClF4N7O8/c1-30(2)22-36-45(68)63(6)38(24-33-23-34(53)17-18-40(33)72-27-31-12-7-8-13-31)44(67)61-49(3,4)47(70)58-21-10-9-14-37(42(65)59-36)62(5)46(69)41(32-15-16-32)60-43(66)39-25-35(54)26-64(39)48(71)51(52(55,56)57)28-50(29-51)19-11-20-50/h17-18,23,30-32,35-39,41H,7-16,19-22,24-29H2,1-6H3,(H,58,70)(H,59,65)(H,60,66)(H,61,67)/t35-,36+,37+,38+,39+,41+/m1/s1. The average molecular weight is 1040 g/mol. The quantitative estimate of drug-likeness (QED) is 0.169. The van der Waals surface area contributed by atoms with Gasteiger partial charge in [0.15, 0.2) is 0 Å². The molecule has 6 fully saturated rings. The van der Waals surface area contributed by atoms with Crippen molar-refractivity contribution in [2.24, 2.45) is 28.6 Å². The van der Waals surface area contributed by atoms with Crippen LogP contribution in [0.15, 0.2) is 18.2 Å². The van der Waals surface area contributed by atoms with E-state index in [2.05, 4.69) is 21.3 Å². The normalized spacial score (nSPS) is 27.6. The molecule has 0 unspecified atom stereocenters. The second-order valence-electron chi connectivity index (χ2n) is 22.8. The number of amides is 7. The number of hydrogen-bond donors (Lipinski definition) is 4. The second kappa shape index (κ2) is 22.0. The van der Waals surface area contributed by atoms with Crippen LogP contribution in [0.5, 0.6) is 5.75 Å². The van der Waals surface area contributed by atoms with Crippen molar-refractivity contribution in [2.75, 3.05) is 33.8 Å². The maximum absolute atomic E-state index is 15.2. The molecule has 400 valence electrons. The number of carbonyl (C=O) groups excluding carboxylic acids is 7. The van der Waals surface area contributed by atoms with Gasteiger partial charge in [0, 0.05) is 38.5 Å². The zero-order valence-electron chi connectivity index (χ0n) is 42.6. The van der Waals surface area contributed by atoms with Gasteiger partial charge >= 0.3 is 6.18 Å². The van der Waals surface area contributed by atoms with E-state index in [1.807, 2.05) is 13.8 Å². The van der Waals surface area contributed by atoms with Crippen LogP contribution < -0.4 is 26.0 Å². The molecule has 0 aromatic heterocycles. The van der Waals surface area contributed by atoms with Crippen molar-refractivity contribution in [3.05, 3.63) is 28.8 Å². The van der Waals surface area contributed by atoms with Gasteiger partial charge in [-0.25, -0.2) is 4.39 Å². The monoisotopic (exact) mass is 1040 g/mol. The molecule has 72 heavy (non-hydrogen) atoms. The van der Waals surface area contributed by atoms with E-state index in [0.29, 0.717) is 72.3 Å². The number of halogens is 5. The number of nitrogens with one attached hydrogen (secondary N) is 4. The summed E-state index contributed by atoms with van der Waals surface area (Å²) in [4.78, 5) is 103. The summed E-state index contributed by atoms with van der Waals surface area (Å²) < 4.78 is 65.6. The predicted molar refractivity (Wildman–Crippen MR) is 260 cm³/mol. The topological polar surface area (TPSA) is 187 Å². The minimum Gasteiger partial charge on any atom is -0.493 e. The lowest BCUT2D eigenvalue weighted by atomic mass is 9.44. The highest BCUT2D eigenvalue weighted by atomic mass is 35.5. The number of benzene rings is 1. The molecule has 0 bridgehead atoms. The lowest BCUT2D eigenvalue weighted by molar-refractivity contribution is -0.285. The van der Waals surface area contributed by atoms with Crippen molar-refractivity contribution < 1.29 is 55.9 Å². The van der Waals surface area contributed by atoms with E-state index in [1.165, 1.54) is 23.9 Å². The van der Waals surface area contributed by atoms with Gasteiger partial charge in [-0.15, -0.1) is 0 Å². The van der Waals surface area contributed by atoms with Crippen molar-refractivity contribution in [2.45, 2.75) is 185 Å². The fraction of sp³-hybridized carbons (Fsp3) is 0.750. The molecule has 7 amide bonds. The van der Waals surface area contributed by atoms with E-state index < -0.39 is 132 Å². The van der Waals surface area contributed by atoms with Crippen molar-refractivity contribution in [3.63, 3.8) is 0 Å². The third-order valence-corrected chi connectivity index (χ3v) is 16.6. The van der Waals surface area contributed by atoms with E-state index in [-0.39, 0.29) is 31.7 Å². The zero-order chi connectivity index (χ0) is 52.5. The van der Waals surface area contributed by atoms with Crippen molar-refractivity contribution in [1.82, 2.24) is 36.0 Å². The summed E-state index contributed by atoms with van der Waals surface area (Å²) in [5.74, 6) is -5.07. The van der Waals surface area contributed by atoms with Crippen LogP contribution in [-0.2, 0) is 40.0 Å². The molecule has 4 N–H and O–H groups in total. The summed E-state index contributed by atoms with van der Waals surface area (Å²) in [5.41, 5.74) is -4.16. The Labute approximate surface area is 425 Å². The average Bonchev–Trinajstić information content (AvgIpc) is 3.83. The molecule has 7 rings (SSSR count). The van der Waals surface area contributed by atoms with Gasteiger partial charge in [-0.1, -0.05) is 44.7 Å². The number of likely N-dealkylation sites (N-methyl/N-ethyl adjacent to an activating group) is 2. The van der Waals surface area contributed by atoms with Gasteiger partial charge in [-0.3, -0.25) is 33.6 Å². The minimum atomic E-state index is -4.91. The Hall–Kier alpha value is -4.68. The Kier molecular flexibility index (Phi) is 16.9. The van der Waals surface area contributed by atoms with Crippen molar-refractivity contribution in [1.29, 1.82) is 0 Å². The zero-order valence-corrected chi connectivity index (χ0v) is 43.3. The minimum absolute atomic E-state index is 0.0598. The highest BCUT2D eigenvalue weighted by Gasteiger charge is 2.74. The Morgan fingerprint density at radius 1 is 0.958 bits per heavy atom. The highest BCUT2D eigenvalue weighted by Crippen LogP contribution is 2.69. The van der Waals surface area contributed by atoms with Crippen LogP contribution in [0.4, 0.5) is 17.6 Å². The molecule has 15 nitrogen and oxygen atoms in total. The number of rotatable bonds is 13. The van der Waals surface area contributed by atoms with Crippen LogP contribution >= 0.6 is 11.6 Å². The number of nitrogens with zero attached hydrogens (tertiary/aromatic N) is 3. The van der Waals surface area contributed by atoms with Crippen LogP contribution in [0.2, 0.25) is 5.02 Å². The van der Waals surface area contributed by atoms with Crippen molar-refractivity contribution >= 4 is 53.0 Å². The smallest absolute Gasteiger partial charge is 0.403 e. The fourth-order valence-corrected chi connectivity index (χ4v) is 11.9. The largest absolute Gasteiger partial charge is 0.493 e. The van der Waals surface area contributed by atoms with Gasteiger partial charge in [0.2, 0.25) is 41.4 Å². The maximum Gasteiger partial charge on any atom is 0.403 e.